The minimum atomic E-state index is -2.66. The lowest BCUT2D eigenvalue weighted by atomic mass is 9.87. The topological polar surface area (TPSA) is 38.8 Å². The highest BCUT2D eigenvalue weighted by Gasteiger charge is 2.51. The number of carbonyl (C=O) groups excluding carboxylic acids is 1. The molecule has 0 aromatic heterocycles. The molecule has 2 unspecified atom stereocenters. The zero-order valence-corrected chi connectivity index (χ0v) is 15.1. The van der Waals surface area contributed by atoms with Gasteiger partial charge in [0.25, 0.3) is 5.92 Å². The normalized spacial score (nSPS) is 31.1. The highest BCUT2D eigenvalue weighted by atomic mass is 79.9. The van der Waals surface area contributed by atoms with Gasteiger partial charge in [-0.3, -0.25) is 9.69 Å². The number of likely N-dealkylation sites (tertiary alicyclic amines) is 1. The van der Waals surface area contributed by atoms with Crippen LogP contribution in [-0.4, -0.2) is 48.8 Å². The van der Waals surface area contributed by atoms with Crippen molar-refractivity contribution in [1.29, 1.82) is 0 Å². The van der Waals surface area contributed by atoms with Crippen molar-refractivity contribution >= 4 is 21.9 Å². The molecule has 1 fully saturated rings. The minimum absolute atomic E-state index is 0.156. The number of esters is 1. The number of rotatable bonds is 4. The van der Waals surface area contributed by atoms with Crippen LogP contribution in [0.15, 0.2) is 22.7 Å². The Morgan fingerprint density at radius 1 is 1.39 bits per heavy atom. The number of carbonyl (C=O) groups is 1. The molecule has 1 saturated heterocycles. The first-order chi connectivity index (χ1) is 10.7. The van der Waals surface area contributed by atoms with E-state index in [4.69, 9.17) is 9.47 Å². The molecule has 1 aliphatic carbocycles. The quantitative estimate of drug-likeness (QED) is 0.685. The number of methoxy groups -OCH3 is 1. The second-order valence-electron chi connectivity index (χ2n) is 6.15. The summed E-state index contributed by atoms with van der Waals surface area (Å²) in [6.07, 6.45) is 4.59. The van der Waals surface area contributed by atoms with Crippen molar-refractivity contribution in [3.8, 4) is 0 Å². The Labute approximate surface area is 143 Å². The molecule has 130 valence electrons. The van der Waals surface area contributed by atoms with E-state index in [9.17, 15) is 13.6 Å². The average Bonchev–Trinajstić information content (AvgIpc) is 2.48. The van der Waals surface area contributed by atoms with Crippen LogP contribution in [-0.2, 0) is 14.3 Å². The highest BCUT2D eigenvalue weighted by Crippen LogP contribution is 2.41. The van der Waals surface area contributed by atoms with E-state index >= 15 is 0 Å². The summed E-state index contributed by atoms with van der Waals surface area (Å²) in [5, 5.41) is 0. The van der Waals surface area contributed by atoms with Crippen molar-refractivity contribution in [2.24, 2.45) is 5.92 Å². The molecule has 2 rings (SSSR count). The van der Waals surface area contributed by atoms with E-state index in [-0.39, 0.29) is 32.0 Å². The van der Waals surface area contributed by atoms with Crippen LogP contribution in [0.2, 0.25) is 0 Å². The average molecular weight is 394 g/mol. The van der Waals surface area contributed by atoms with E-state index in [0.717, 1.165) is 4.48 Å². The van der Waals surface area contributed by atoms with Gasteiger partial charge in [0.05, 0.1) is 13.2 Å². The molecule has 0 amide bonds. The summed E-state index contributed by atoms with van der Waals surface area (Å²) < 4.78 is 38.8. The van der Waals surface area contributed by atoms with Crippen molar-refractivity contribution in [2.45, 2.75) is 44.4 Å². The van der Waals surface area contributed by atoms with Gasteiger partial charge in [0.1, 0.15) is 5.92 Å². The summed E-state index contributed by atoms with van der Waals surface area (Å²) in [7, 11) is 1.31. The Balaban J connectivity index is 2.38. The molecule has 1 heterocycles. The summed E-state index contributed by atoms with van der Waals surface area (Å²) >= 11 is 3.36. The fraction of sp³-hybridized carbons (Fsp3) is 0.688. The monoisotopic (exact) mass is 393 g/mol. The van der Waals surface area contributed by atoms with Gasteiger partial charge >= 0.3 is 5.97 Å². The highest BCUT2D eigenvalue weighted by molar-refractivity contribution is 9.11. The summed E-state index contributed by atoms with van der Waals surface area (Å²) in [5.74, 6) is -3.84. The standard InChI is InChI=1S/C16H22BrF2NO3/c1-11(2)23-16(20-8-6-15(18,19)7-9-20)5-4-12(17)10-13(16)14(21)22-3/h4-5,10-11,13H,6-9H2,1-3H3. The van der Waals surface area contributed by atoms with Crippen LogP contribution < -0.4 is 0 Å². The van der Waals surface area contributed by atoms with Crippen molar-refractivity contribution in [3.05, 3.63) is 22.7 Å². The number of allylic oxidation sites excluding steroid dienone is 2. The van der Waals surface area contributed by atoms with E-state index in [1.165, 1.54) is 7.11 Å². The number of alkyl halides is 2. The van der Waals surface area contributed by atoms with E-state index < -0.39 is 23.5 Å². The number of halogens is 3. The lowest BCUT2D eigenvalue weighted by Crippen LogP contribution is -2.61. The Morgan fingerprint density at radius 3 is 2.52 bits per heavy atom. The Kier molecular flexibility index (Phi) is 5.63. The van der Waals surface area contributed by atoms with Crippen LogP contribution in [0.4, 0.5) is 8.78 Å². The van der Waals surface area contributed by atoms with E-state index in [1.807, 2.05) is 18.7 Å². The maximum atomic E-state index is 13.5. The summed E-state index contributed by atoms with van der Waals surface area (Å²) in [6.45, 7) is 4.03. The molecule has 0 radical (unpaired) electrons. The second kappa shape index (κ2) is 6.99. The zero-order chi connectivity index (χ0) is 17.3. The van der Waals surface area contributed by atoms with Crippen LogP contribution in [0.5, 0.6) is 0 Å². The lowest BCUT2D eigenvalue weighted by molar-refractivity contribution is -0.202. The molecule has 7 heteroatoms. The number of ether oxygens (including phenoxy) is 2. The Morgan fingerprint density at radius 2 is 2.00 bits per heavy atom. The zero-order valence-electron chi connectivity index (χ0n) is 13.5. The fourth-order valence-corrected chi connectivity index (χ4v) is 3.45. The minimum Gasteiger partial charge on any atom is -0.468 e. The lowest BCUT2D eigenvalue weighted by Gasteiger charge is -2.49. The maximum Gasteiger partial charge on any atom is 0.317 e. The number of piperidine rings is 1. The first kappa shape index (κ1) is 18.5. The van der Waals surface area contributed by atoms with Gasteiger partial charge in [-0.05, 0) is 26.0 Å². The van der Waals surface area contributed by atoms with Gasteiger partial charge in [-0.25, -0.2) is 8.78 Å². The third-order valence-electron chi connectivity index (χ3n) is 4.12. The van der Waals surface area contributed by atoms with Crippen LogP contribution in [0.1, 0.15) is 26.7 Å². The summed E-state index contributed by atoms with van der Waals surface area (Å²) in [6, 6.07) is 0. The first-order valence-electron chi connectivity index (χ1n) is 7.65. The molecule has 0 saturated carbocycles. The predicted octanol–water partition coefficient (Wildman–Crippen LogP) is 3.48. The van der Waals surface area contributed by atoms with Crippen LogP contribution >= 0.6 is 15.9 Å². The van der Waals surface area contributed by atoms with E-state index in [1.54, 1.807) is 18.2 Å². The molecule has 2 aliphatic rings. The molecule has 0 aromatic rings. The van der Waals surface area contributed by atoms with Gasteiger partial charge < -0.3 is 9.47 Å². The molecular formula is C16H22BrF2NO3. The largest absolute Gasteiger partial charge is 0.468 e. The van der Waals surface area contributed by atoms with Gasteiger partial charge in [-0.2, -0.15) is 0 Å². The SMILES string of the molecule is COC(=O)C1C=C(Br)C=CC1(OC(C)C)N1CCC(F)(F)CC1. The van der Waals surface area contributed by atoms with Gasteiger partial charge in [-0.1, -0.05) is 22.0 Å². The van der Waals surface area contributed by atoms with Crippen molar-refractivity contribution in [2.75, 3.05) is 20.2 Å². The van der Waals surface area contributed by atoms with Crippen LogP contribution in [0, 0.1) is 5.92 Å². The van der Waals surface area contributed by atoms with E-state index in [2.05, 4.69) is 15.9 Å². The summed E-state index contributed by atoms with van der Waals surface area (Å²) in [5.41, 5.74) is -1.10. The fourth-order valence-electron chi connectivity index (χ4n) is 3.05. The van der Waals surface area contributed by atoms with Gasteiger partial charge in [0, 0.05) is 30.4 Å². The molecule has 1 aliphatic heterocycles. The van der Waals surface area contributed by atoms with E-state index in [0.29, 0.717) is 0 Å². The molecule has 0 spiro atoms. The molecular weight excluding hydrogens is 372 g/mol. The molecule has 23 heavy (non-hydrogen) atoms. The Bertz CT molecular complexity index is 511. The van der Waals surface area contributed by atoms with Crippen LogP contribution in [0.25, 0.3) is 0 Å². The second-order valence-corrected chi connectivity index (χ2v) is 7.06. The Hall–Kier alpha value is -0.790. The van der Waals surface area contributed by atoms with Crippen molar-refractivity contribution in [3.63, 3.8) is 0 Å². The number of nitrogens with zero attached hydrogens (tertiary/aromatic N) is 1. The van der Waals surface area contributed by atoms with Crippen molar-refractivity contribution in [1.82, 2.24) is 4.90 Å². The summed E-state index contributed by atoms with van der Waals surface area (Å²) in [4.78, 5) is 14.1. The number of hydrogen-bond acceptors (Lipinski definition) is 4. The molecule has 4 nitrogen and oxygen atoms in total. The molecule has 0 N–H and O–H groups in total. The van der Waals surface area contributed by atoms with Crippen molar-refractivity contribution < 1.29 is 23.0 Å². The third kappa shape index (κ3) is 4.00. The number of hydrogen-bond donors (Lipinski definition) is 0. The molecule has 0 bridgehead atoms. The maximum absolute atomic E-state index is 13.5. The molecule has 0 aromatic carbocycles. The van der Waals surface area contributed by atoms with Crippen LogP contribution in [0.3, 0.4) is 0 Å². The third-order valence-corrected chi connectivity index (χ3v) is 4.65. The first-order valence-corrected chi connectivity index (χ1v) is 8.44. The smallest absolute Gasteiger partial charge is 0.317 e. The van der Waals surface area contributed by atoms with Gasteiger partial charge in [0.15, 0.2) is 5.72 Å². The van der Waals surface area contributed by atoms with Gasteiger partial charge in [0.2, 0.25) is 0 Å². The van der Waals surface area contributed by atoms with Gasteiger partial charge in [-0.15, -0.1) is 0 Å². The molecule has 2 atom stereocenters. The predicted molar refractivity (Wildman–Crippen MR) is 86.4 cm³/mol.